The number of rotatable bonds is 9. The number of carbonyl (C=O) groups is 1. The predicted octanol–water partition coefficient (Wildman–Crippen LogP) is 2.00. The quantitative estimate of drug-likeness (QED) is 0.275. The first-order chi connectivity index (χ1) is 13.6. The number of guanidine groups is 1. The fourth-order valence-electron chi connectivity index (χ4n) is 4.24. The van der Waals surface area contributed by atoms with Crippen LogP contribution in [0, 0.1) is 5.92 Å². The Labute approximate surface area is 194 Å². The molecule has 0 spiro atoms. The summed E-state index contributed by atoms with van der Waals surface area (Å²) in [6, 6.07) is -0.0294. The molecule has 0 aliphatic carbocycles. The molecule has 2 atom stereocenters. The normalized spacial score (nSPS) is 20.3. The van der Waals surface area contributed by atoms with Gasteiger partial charge in [-0.25, -0.2) is 0 Å². The zero-order chi connectivity index (χ0) is 20.4. The molecular formula is C21H42IN5O2. The Morgan fingerprint density at radius 1 is 1.03 bits per heavy atom. The number of hydrogen-bond acceptors (Lipinski definition) is 4. The van der Waals surface area contributed by atoms with Crippen molar-refractivity contribution in [1.82, 2.24) is 20.0 Å². The summed E-state index contributed by atoms with van der Waals surface area (Å²) in [7, 11) is 0. The van der Waals surface area contributed by atoms with Gasteiger partial charge < -0.3 is 20.2 Å². The second-order valence-corrected chi connectivity index (χ2v) is 8.09. The van der Waals surface area contributed by atoms with Crippen LogP contribution >= 0.6 is 24.0 Å². The Balaban J connectivity index is 0.00000420. The lowest BCUT2D eigenvalue weighted by Gasteiger charge is -2.39. The number of piperazine rings is 1. The van der Waals surface area contributed by atoms with E-state index < -0.39 is 0 Å². The van der Waals surface area contributed by atoms with Crippen molar-refractivity contribution in [2.45, 2.75) is 58.9 Å². The minimum Gasteiger partial charge on any atom is -0.396 e. The molecule has 2 heterocycles. The van der Waals surface area contributed by atoms with E-state index in [0.717, 1.165) is 90.4 Å². The average molecular weight is 524 g/mol. The van der Waals surface area contributed by atoms with Crippen molar-refractivity contribution >= 4 is 35.8 Å². The lowest BCUT2D eigenvalue weighted by Crippen LogP contribution is -2.57. The zero-order valence-electron chi connectivity index (χ0n) is 18.6. The summed E-state index contributed by atoms with van der Waals surface area (Å²) in [5, 5.41) is 12.7. The topological polar surface area (TPSA) is 71.4 Å². The SMILES string of the molecule is CCCC(CCO)CN=C(NCC)N1CCN(C(C)C(=O)N2CCCC2)CC1.I. The van der Waals surface area contributed by atoms with Gasteiger partial charge in [0.1, 0.15) is 0 Å². The predicted molar refractivity (Wildman–Crippen MR) is 130 cm³/mol. The van der Waals surface area contributed by atoms with Crippen LogP contribution in [-0.4, -0.2) is 96.7 Å². The largest absolute Gasteiger partial charge is 0.396 e. The fourth-order valence-corrected chi connectivity index (χ4v) is 4.24. The van der Waals surface area contributed by atoms with Crippen molar-refractivity contribution in [3.63, 3.8) is 0 Å². The Kier molecular flexibility index (Phi) is 13.1. The summed E-state index contributed by atoms with van der Waals surface area (Å²) in [6.45, 7) is 13.6. The highest BCUT2D eigenvalue weighted by Gasteiger charge is 2.30. The molecular weight excluding hydrogens is 481 g/mol. The van der Waals surface area contributed by atoms with E-state index in [1.165, 1.54) is 0 Å². The number of halogens is 1. The molecule has 2 unspecified atom stereocenters. The highest BCUT2D eigenvalue weighted by Crippen LogP contribution is 2.15. The van der Waals surface area contributed by atoms with Crippen molar-refractivity contribution < 1.29 is 9.90 Å². The van der Waals surface area contributed by atoms with E-state index in [2.05, 4.69) is 35.9 Å². The number of carbonyl (C=O) groups excluding carboxylic acids is 1. The van der Waals surface area contributed by atoms with E-state index in [4.69, 9.17) is 4.99 Å². The number of aliphatic hydroxyl groups is 1. The Bertz CT molecular complexity index is 485. The molecule has 2 rings (SSSR count). The first-order valence-corrected chi connectivity index (χ1v) is 11.3. The second kappa shape index (κ2) is 14.4. The molecule has 2 N–H and O–H groups in total. The molecule has 2 fully saturated rings. The van der Waals surface area contributed by atoms with Crippen LogP contribution in [0.25, 0.3) is 0 Å². The molecule has 2 aliphatic rings. The Morgan fingerprint density at radius 2 is 1.69 bits per heavy atom. The number of aliphatic hydroxyl groups excluding tert-OH is 1. The highest BCUT2D eigenvalue weighted by atomic mass is 127. The van der Waals surface area contributed by atoms with Crippen LogP contribution in [0.1, 0.15) is 52.9 Å². The molecule has 170 valence electrons. The number of nitrogens with one attached hydrogen (secondary N) is 1. The van der Waals surface area contributed by atoms with E-state index in [0.29, 0.717) is 5.92 Å². The van der Waals surface area contributed by atoms with E-state index in [9.17, 15) is 9.90 Å². The Hall–Kier alpha value is -0.610. The van der Waals surface area contributed by atoms with Gasteiger partial charge in [0, 0.05) is 59.0 Å². The van der Waals surface area contributed by atoms with Gasteiger partial charge in [-0.05, 0) is 45.4 Å². The molecule has 0 aromatic heterocycles. The molecule has 2 saturated heterocycles. The molecule has 29 heavy (non-hydrogen) atoms. The van der Waals surface area contributed by atoms with Gasteiger partial charge in [0.2, 0.25) is 5.91 Å². The van der Waals surface area contributed by atoms with Crippen LogP contribution in [0.5, 0.6) is 0 Å². The van der Waals surface area contributed by atoms with Gasteiger partial charge in [0.05, 0.1) is 6.04 Å². The first-order valence-electron chi connectivity index (χ1n) is 11.3. The van der Waals surface area contributed by atoms with Gasteiger partial charge in [0.25, 0.3) is 0 Å². The molecule has 8 heteroatoms. The van der Waals surface area contributed by atoms with E-state index in [-0.39, 0.29) is 42.5 Å². The van der Waals surface area contributed by atoms with E-state index in [1.54, 1.807) is 0 Å². The monoisotopic (exact) mass is 523 g/mol. The lowest BCUT2D eigenvalue weighted by molar-refractivity contribution is -0.135. The second-order valence-electron chi connectivity index (χ2n) is 8.09. The Morgan fingerprint density at radius 3 is 2.24 bits per heavy atom. The maximum Gasteiger partial charge on any atom is 0.239 e. The minimum absolute atomic E-state index is 0. The maximum absolute atomic E-state index is 12.7. The van der Waals surface area contributed by atoms with Crippen molar-refractivity contribution in [3.8, 4) is 0 Å². The van der Waals surface area contributed by atoms with Gasteiger partial charge in [0.15, 0.2) is 5.96 Å². The van der Waals surface area contributed by atoms with Crippen LogP contribution in [0.2, 0.25) is 0 Å². The van der Waals surface area contributed by atoms with E-state index in [1.807, 2.05) is 4.90 Å². The zero-order valence-corrected chi connectivity index (χ0v) is 20.9. The average Bonchev–Trinajstić information content (AvgIpc) is 3.25. The molecule has 1 amide bonds. The van der Waals surface area contributed by atoms with Crippen LogP contribution in [0.4, 0.5) is 0 Å². The van der Waals surface area contributed by atoms with Gasteiger partial charge in [-0.15, -0.1) is 24.0 Å². The summed E-state index contributed by atoms with van der Waals surface area (Å²) < 4.78 is 0. The van der Waals surface area contributed by atoms with Crippen molar-refractivity contribution in [2.75, 3.05) is 59.0 Å². The van der Waals surface area contributed by atoms with E-state index >= 15 is 0 Å². The maximum atomic E-state index is 12.7. The minimum atomic E-state index is -0.0294. The first kappa shape index (κ1) is 26.4. The third-order valence-corrected chi connectivity index (χ3v) is 6.01. The smallest absolute Gasteiger partial charge is 0.239 e. The van der Waals surface area contributed by atoms with Crippen LogP contribution < -0.4 is 5.32 Å². The molecule has 2 aliphatic heterocycles. The third kappa shape index (κ3) is 8.20. The molecule has 0 saturated carbocycles. The molecule has 0 radical (unpaired) electrons. The summed E-state index contributed by atoms with van der Waals surface area (Å²) in [6.07, 6.45) is 5.33. The fraction of sp³-hybridized carbons (Fsp3) is 0.905. The molecule has 7 nitrogen and oxygen atoms in total. The summed E-state index contributed by atoms with van der Waals surface area (Å²) >= 11 is 0. The molecule has 0 aromatic carbocycles. The van der Waals surface area contributed by atoms with Gasteiger partial charge in [-0.1, -0.05) is 13.3 Å². The number of nitrogens with zero attached hydrogens (tertiary/aromatic N) is 4. The number of likely N-dealkylation sites (tertiary alicyclic amines) is 1. The van der Waals surface area contributed by atoms with Gasteiger partial charge >= 0.3 is 0 Å². The van der Waals surface area contributed by atoms with Crippen molar-refractivity contribution in [2.24, 2.45) is 10.9 Å². The van der Waals surface area contributed by atoms with Crippen molar-refractivity contribution in [3.05, 3.63) is 0 Å². The summed E-state index contributed by atoms with van der Waals surface area (Å²) in [5.74, 6) is 1.71. The number of amides is 1. The van der Waals surface area contributed by atoms with Crippen LogP contribution in [0.15, 0.2) is 4.99 Å². The van der Waals surface area contributed by atoms with Crippen LogP contribution in [0.3, 0.4) is 0 Å². The number of aliphatic imine (C=N–C) groups is 1. The number of hydrogen-bond donors (Lipinski definition) is 2. The third-order valence-electron chi connectivity index (χ3n) is 6.01. The highest BCUT2D eigenvalue weighted by molar-refractivity contribution is 14.0. The lowest BCUT2D eigenvalue weighted by atomic mass is 10.0. The molecule has 0 bridgehead atoms. The van der Waals surface area contributed by atoms with Gasteiger partial charge in [-0.2, -0.15) is 0 Å². The standard InChI is InChI=1S/C21H41N5O2.HI/c1-4-8-19(9-16-27)17-23-21(22-5-2)26-14-12-24(13-15-26)18(3)20(28)25-10-6-7-11-25;/h18-19,27H,4-17H2,1-3H3,(H,22,23);1H. The van der Waals surface area contributed by atoms with Crippen molar-refractivity contribution in [1.29, 1.82) is 0 Å². The van der Waals surface area contributed by atoms with Gasteiger partial charge in [-0.3, -0.25) is 14.7 Å². The summed E-state index contributed by atoms with van der Waals surface area (Å²) in [5.41, 5.74) is 0. The summed E-state index contributed by atoms with van der Waals surface area (Å²) in [4.78, 5) is 24.2. The van der Waals surface area contributed by atoms with Crippen LogP contribution in [-0.2, 0) is 4.79 Å². The molecule has 0 aromatic rings.